The van der Waals surface area contributed by atoms with E-state index in [0.717, 1.165) is 72.0 Å². The number of amides is 1. The average Bonchev–Trinajstić information content (AvgIpc) is 3.15. The summed E-state index contributed by atoms with van der Waals surface area (Å²) in [7, 11) is 0. The average molecular weight is 456 g/mol. The van der Waals surface area contributed by atoms with Crippen LogP contribution >= 0.6 is 0 Å². The van der Waals surface area contributed by atoms with E-state index in [1.807, 2.05) is 0 Å². The number of likely N-dealkylation sites (tertiary alicyclic amines) is 2. The number of piperidine rings is 1. The summed E-state index contributed by atoms with van der Waals surface area (Å²) < 4.78 is 48.2. The topological polar surface area (TPSA) is 45.2 Å². The highest BCUT2D eigenvalue weighted by Crippen LogP contribution is 2.40. The number of hydrogen-bond acceptors (Lipinski definition) is 5. The summed E-state index contributed by atoms with van der Waals surface area (Å²) in [6, 6.07) is 8.65. The third-order valence-electron chi connectivity index (χ3n) is 7.09. The highest BCUT2D eigenvalue weighted by atomic mass is 19.4. The zero-order valence-corrected chi connectivity index (χ0v) is 18.6. The second-order valence-electron chi connectivity index (χ2n) is 9.07. The molecule has 1 atom stereocenters. The van der Waals surface area contributed by atoms with Gasteiger partial charge in [-0.25, -0.2) is 4.79 Å². The Morgan fingerprint density at radius 1 is 1.12 bits per heavy atom. The number of ether oxygens (including phenoxy) is 2. The van der Waals surface area contributed by atoms with Crippen LogP contribution < -0.4 is 4.90 Å². The maximum Gasteiger partial charge on any atom is 0.425 e. The molecule has 0 bridgehead atoms. The van der Waals surface area contributed by atoms with E-state index >= 15 is 0 Å². The molecule has 0 aromatic heterocycles. The Morgan fingerprint density at radius 2 is 1.84 bits per heavy atom. The molecule has 1 aromatic carbocycles. The standard InChI is InChI=1S/C23H32F3N3O3/c1-18(23(24,25)26)32-21(30)28-10-7-22(8-11-28)6-3-9-29(22)17-19-4-2-5-20(16-19)27-12-14-31-15-13-27/h2,4-5,16,18H,3,6-15,17H2,1H3. The van der Waals surface area contributed by atoms with Gasteiger partial charge in [0, 0.05) is 44.0 Å². The molecule has 0 radical (unpaired) electrons. The number of anilines is 1. The number of nitrogens with zero attached hydrogens (tertiary/aromatic N) is 3. The van der Waals surface area contributed by atoms with Crippen LogP contribution in [0.25, 0.3) is 0 Å². The molecular weight excluding hydrogens is 423 g/mol. The first kappa shape index (κ1) is 23.2. The van der Waals surface area contributed by atoms with Gasteiger partial charge in [-0.15, -0.1) is 0 Å². The van der Waals surface area contributed by atoms with Crippen molar-refractivity contribution in [2.75, 3.05) is 50.8 Å². The summed E-state index contributed by atoms with van der Waals surface area (Å²) >= 11 is 0. The number of carbonyl (C=O) groups excluding carboxylic acids is 1. The maximum atomic E-state index is 12.7. The van der Waals surface area contributed by atoms with Gasteiger partial charge in [-0.05, 0) is 56.8 Å². The molecule has 1 spiro atoms. The van der Waals surface area contributed by atoms with E-state index in [-0.39, 0.29) is 5.54 Å². The van der Waals surface area contributed by atoms with Crippen molar-refractivity contribution >= 4 is 11.8 Å². The lowest BCUT2D eigenvalue weighted by Crippen LogP contribution is -2.53. The summed E-state index contributed by atoms with van der Waals surface area (Å²) in [5, 5.41) is 0. The van der Waals surface area contributed by atoms with E-state index in [1.165, 1.54) is 16.2 Å². The van der Waals surface area contributed by atoms with Crippen molar-refractivity contribution in [2.24, 2.45) is 0 Å². The molecule has 4 rings (SSSR count). The molecule has 0 saturated carbocycles. The highest BCUT2D eigenvalue weighted by molar-refractivity contribution is 5.68. The molecular formula is C23H32F3N3O3. The summed E-state index contributed by atoms with van der Waals surface area (Å²) in [5.74, 6) is 0. The first-order valence-electron chi connectivity index (χ1n) is 11.5. The summed E-state index contributed by atoms with van der Waals surface area (Å²) in [6.45, 7) is 6.85. The molecule has 9 heteroatoms. The fourth-order valence-corrected chi connectivity index (χ4v) is 5.10. The predicted molar refractivity (Wildman–Crippen MR) is 115 cm³/mol. The minimum atomic E-state index is -4.54. The molecule has 3 aliphatic rings. The van der Waals surface area contributed by atoms with Crippen LogP contribution in [-0.2, 0) is 16.0 Å². The van der Waals surface area contributed by atoms with Gasteiger partial charge in [0.25, 0.3) is 0 Å². The molecule has 178 valence electrons. The Hall–Kier alpha value is -2.00. The Bertz CT molecular complexity index is 790. The second-order valence-corrected chi connectivity index (χ2v) is 9.07. The lowest BCUT2D eigenvalue weighted by molar-refractivity contribution is -0.200. The molecule has 1 aromatic rings. The van der Waals surface area contributed by atoms with E-state index in [1.54, 1.807) is 0 Å². The van der Waals surface area contributed by atoms with Gasteiger partial charge in [0.05, 0.1) is 13.2 Å². The molecule has 1 unspecified atom stereocenters. The minimum Gasteiger partial charge on any atom is -0.437 e. The van der Waals surface area contributed by atoms with Crippen LogP contribution in [0.3, 0.4) is 0 Å². The van der Waals surface area contributed by atoms with Gasteiger partial charge < -0.3 is 19.3 Å². The molecule has 0 aliphatic carbocycles. The van der Waals surface area contributed by atoms with Crippen LogP contribution in [0, 0.1) is 0 Å². The largest absolute Gasteiger partial charge is 0.437 e. The maximum absolute atomic E-state index is 12.7. The fourth-order valence-electron chi connectivity index (χ4n) is 5.10. The van der Waals surface area contributed by atoms with Gasteiger partial charge in [0.15, 0.2) is 6.10 Å². The van der Waals surface area contributed by atoms with Crippen molar-refractivity contribution < 1.29 is 27.4 Å². The van der Waals surface area contributed by atoms with Crippen LogP contribution in [0.5, 0.6) is 0 Å². The van der Waals surface area contributed by atoms with E-state index in [9.17, 15) is 18.0 Å². The normalized spacial score (nSPS) is 22.9. The molecule has 1 amide bonds. The first-order chi connectivity index (χ1) is 15.3. The molecule has 3 fully saturated rings. The summed E-state index contributed by atoms with van der Waals surface area (Å²) in [4.78, 5) is 18.5. The van der Waals surface area contributed by atoms with Crippen LogP contribution in [0.4, 0.5) is 23.7 Å². The molecule has 0 N–H and O–H groups in total. The number of hydrogen-bond donors (Lipinski definition) is 0. The van der Waals surface area contributed by atoms with E-state index in [4.69, 9.17) is 4.74 Å². The van der Waals surface area contributed by atoms with Gasteiger partial charge in [-0.1, -0.05) is 12.1 Å². The summed E-state index contributed by atoms with van der Waals surface area (Å²) in [5.41, 5.74) is 2.48. The van der Waals surface area contributed by atoms with Crippen LogP contribution in [0.15, 0.2) is 24.3 Å². The quantitative estimate of drug-likeness (QED) is 0.686. The van der Waals surface area contributed by atoms with Gasteiger partial charge in [0.2, 0.25) is 0 Å². The SMILES string of the molecule is CC(OC(=O)N1CCC2(CCCN2Cc2cccc(N3CCOCC3)c2)CC1)C(F)(F)F. The van der Waals surface area contributed by atoms with Crippen molar-refractivity contribution in [1.82, 2.24) is 9.80 Å². The van der Waals surface area contributed by atoms with E-state index < -0.39 is 18.4 Å². The lowest BCUT2D eigenvalue weighted by Gasteiger charge is -2.45. The molecule has 3 heterocycles. The number of alkyl halides is 3. The summed E-state index contributed by atoms with van der Waals surface area (Å²) in [6.07, 6.45) is -3.83. The lowest BCUT2D eigenvalue weighted by atomic mass is 9.85. The number of carbonyl (C=O) groups is 1. The van der Waals surface area contributed by atoms with E-state index in [2.05, 4.69) is 38.8 Å². The number of morpholine rings is 1. The van der Waals surface area contributed by atoms with Gasteiger partial charge in [-0.3, -0.25) is 4.90 Å². The third-order valence-corrected chi connectivity index (χ3v) is 7.09. The minimum absolute atomic E-state index is 0.00138. The molecule has 3 saturated heterocycles. The Balaban J connectivity index is 1.36. The van der Waals surface area contributed by atoms with Crippen LogP contribution in [0.1, 0.15) is 38.2 Å². The Labute approximate surface area is 187 Å². The Kier molecular flexibility index (Phi) is 6.86. The van der Waals surface area contributed by atoms with E-state index in [0.29, 0.717) is 13.1 Å². The van der Waals surface area contributed by atoms with Crippen molar-refractivity contribution in [2.45, 2.75) is 57.0 Å². The van der Waals surface area contributed by atoms with Crippen molar-refractivity contribution in [3.63, 3.8) is 0 Å². The number of rotatable bonds is 4. The van der Waals surface area contributed by atoms with Gasteiger partial charge in [-0.2, -0.15) is 13.2 Å². The highest BCUT2D eigenvalue weighted by Gasteiger charge is 2.45. The van der Waals surface area contributed by atoms with Crippen molar-refractivity contribution in [3.8, 4) is 0 Å². The van der Waals surface area contributed by atoms with Gasteiger partial charge in [0.1, 0.15) is 0 Å². The van der Waals surface area contributed by atoms with Crippen LogP contribution in [0.2, 0.25) is 0 Å². The first-order valence-corrected chi connectivity index (χ1v) is 11.5. The number of benzene rings is 1. The zero-order valence-electron chi connectivity index (χ0n) is 18.6. The van der Waals surface area contributed by atoms with Crippen LogP contribution in [-0.4, -0.2) is 79.6 Å². The second kappa shape index (κ2) is 9.47. The smallest absolute Gasteiger partial charge is 0.425 e. The third kappa shape index (κ3) is 5.14. The molecule has 3 aliphatic heterocycles. The van der Waals surface area contributed by atoms with Gasteiger partial charge >= 0.3 is 12.3 Å². The molecule has 6 nitrogen and oxygen atoms in total. The fraction of sp³-hybridized carbons (Fsp3) is 0.696. The molecule has 32 heavy (non-hydrogen) atoms. The zero-order chi connectivity index (χ0) is 22.8. The predicted octanol–water partition coefficient (Wildman–Crippen LogP) is 4.04. The monoisotopic (exact) mass is 455 g/mol. The Morgan fingerprint density at radius 3 is 2.53 bits per heavy atom. The van der Waals surface area contributed by atoms with Crippen molar-refractivity contribution in [1.29, 1.82) is 0 Å². The van der Waals surface area contributed by atoms with Crippen molar-refractivity contribution in [3.05, 3.63) is 29.8 Å². The number of halogens is 3.